The molecular weight excluding hydrogens is 453 g/mol. The molecule has 0 aliphatic rings. The molecule has 0 aliphatic carbocycles. The molecule has 1 N–H and O–H groups in total. The molecule has 4 aromatic rings. The van der Waals surface area contributed by atoms with Crippen LogP contribution in [0, 0.1) is 17.0 Å². The van der Waals surface area contributed by atoms with Gasteiger partial charge in [0.05, 0.1) is 10.6 Å². The van der Waals surface area contributed by atoms with Crippen LogP contribution in [0.4, 0.5) is 11.4 Å². The van der Waals surface area contributed by atoms with Crippen LogP contribution in [0.3, 0.4) is 0 Å². The van der Waals surface area contributed by atoms with Crippen molar-refractivity contribution in [2.75, 3.05) is 5.32 Å². The van der Waals surface area contributed by atoms with E-state index < -0.39 is 10.8 Å². The highest BCUT2D eigenvalue weighted by molar-refractivity contribution is 6.31. The number of anilines is 1. The fraction of sp³-hybridized carbons (Fsp3) is 0.0455. The lowest BCUT2D eigenvalue weighted by Gasteiger charge is -2.07. The maximum absolute atomic E-state index is 12.8. The number of carbonyl (C=O) groups is 1. The van der Waals surface area contributed by atoms with Gasteiger partial charge < -0.3 is 5.32 Å². The summed E-state index contributed by atoms with van der Waals surface area (Å²) in [5.74, 6) is -0.318. The molecule has 0 saturated carbocycles. The third kappa shape index (κ3) is 4.46. The number of rotatable bonds is 5. The number of hydrogen-bond acceptors (Lipinski definition) is 5. The van der Waals surface area contributed by atoms with Gasteiger partial charge in [-0.3, -0.25) is 14.9 Å². The minimum absolute atomic E-state index is 0.113. The Hall–Kier alpha value is -3.75. The fourth-order valence-electron chi connectivity index (χ4n) is 2.97. The van der Waals surface area contributed by atoms with Crippen molar-refractivity contribution >= 4 is 40.5 Å². The van der Waals surface area contributed by atoms with E-state index in [9.17, 15) is 14.9 Å². The number of non-ortho nitro benzene ring substituents is 1. The average molecular weight is 468 g/mol. The molecule has 0 radical (unpaired) electrons. The van der Waals surface area contributed by atoms with E-state index >= 15 is 0 Å². The molecule has 0 saturated heterocycles. The van der Waals surface area contributed by atoms with E-state index in [2.05, 4.69) is 15.4 Å². The summed E-state index contributed by atoms with van der Waals surface area (Å²) in [4.78, 5) is 27.7. The largest absolute Gasteiger partial charge is 0.319 e. The van der Waals surface area contributed by atoms with Crippen molar-refractivity contribution in [3.8, 4) is 17.1 Å². The number of amides is 1. The van der Waals surface area contributed by atoms with Crippen LogP contribution in [-0.4, -0.2) is 25.6 Å². The minimum Gasteiger partial charge on any atom is -0.319 e. The maximum atomic E-state index is 12.8. The van der Waals surface area contributed by atoms with E-state index in [4.69, 9.17) is 23.2 Å². The molecule has 32 heavy (non-hydrogen) atoms. The first-order chi connectivity index (χ1) is 15.3. The van der Waals surface area contributed by atoms with Crippen LogP contribution >= 0.6 is 23.2 Å². The Morgan fingerprint density at radius 3 is 2.50 bits per heavy atom. The summed E-state index contributed by atoms with van der Waals surface area (Å²) >= 11 is 12.3. The Morgan fingerprint density at radius 2 is 1.81 bits per heavy atom. The number of halogens is 2. The Morgan fingerprint density at radius 1 is 1.06 bits per heavy atom. The minimum atomic E-state index is -0.613. The van der Waals surface area contributed by atoms with Crippen molar-refractivity contribution in [2.45, 2.75) is 6.92 Å². The zero-order chi connectivity index (χ0) is 22.8. The quantitative estimate of drug-likeness (QED) is 0.299. The molecule has 8 nitrogen and oxygen atoms in total. The van der Waals surface area contributed by atoms with E-state index in [0.717, 1.165) is 5.56 Å². The standard InChI is InChI=1S/C22H15Cl2N5O3/c1-13-5-10-17(12-19(13)24)28-21(14-6-8-15(23)9-7-14)26-20(27-28)22(30)25-16-3-2-4-18(11-16)29(31)32/h2-12H,1H3,(H,25,30). The summed E-state index contributed by atoms with van der Waals surface area (Å²) < 4.78 is 1.51. The molecule has 1 amide bonds. The number of aryl methyl sites for hydroxylation is 1. The highest BCUT2D eigenvalue weighted by Gasteiger charge is 2.20. The lowest BCUT2D eigenvalue weighted by atomic mass is 10.2. The zero-order valence-corrected chi connectivity index (χ0v) is 18.1. The molecule has 0 fully saturated rings. The monoisotopic (exact) mass is 467 g/mol. The molecule has 1 aromatic heterocycles. The Kier molecular flexibility index (Phi) is 5.89. The lowest BCUT2D eigenvalue weighted by molar-refractivity contribution is -0.384. The molecule has 0 bridgehead atoms. The van der Waals surface area contributed by atoms with Gasteiger partial charge in [-0.05, 0) is 55.0 Å². The molecular formula is C22H15Cl2N5O3. The smallest absolute Gasteiger partial charge is 0.295 e. The number of hydrogen-bond donors (Lipinski definition) is 1. The first-order valence-electron chi connectivity index (χ1n) is 9.37. The number of nitrogens with zero attached hydrogens (tertiary/aromatic N) is 4. The third-order valence-corrected chi connectivity index (χ3v) is 5.29. The van der Waals surface area contributed by atoms with E-state index in [1.807, 2.05) is 19.1 Å². The molecule has 1 heterocycles. The Labute approximate surface area is 192 Å². The van der Waals surface area contributed by atoms with Gasteiger partial charge >= 0.3 is 0 Å². The summed E-state index contributed by atoms with van der Waals surface area (Å²) in [5.41, 5.74) is 2.32. The predicted molar refractivity (Wildman–Crippen MR) is 123 cm³/mol. The van der Waals surface area contributed by atoms with E-state index in [1.165, 1.54) is 22.9 Å². The van der Waals surface area contributed by atoms with Gasteiger partial charge in [0.15, 0.2) is 5.82 Å². The van der Waals surface area contributed by atoms with Crippen LogP contribution in [0.25, 0.3) is 17.1 Å². The number of benzene rings is 3. The van der Waals surface area contributed by atoms with Gasteiger partial charge in [0.2, 0.25) is 5.82 Å². The number of nitro benzene ring substituents is 1. The van der Waals surface area contributed by atoms with Gasteiger partial charge in [-0.25, -0.2) is 9.67 Å². The van der Waals surface area contributed by atoms with Gasteiger partial charge in [-0.1, -0.05) is 35.3 Å². The van der Waals surface area contributed by atoms with E-state index in [0.29, 0.717) is 27.1 Å². The van der Waals surface area contributed by atoms with E-state index in [1.54, 1.807) is 36.4 Å². The predicted octanol–water partition coefficient (Wildman–Crippen LogP) is 5.71. The van der Waals surface area contributed by atoms with Crippen LogP contribution in [-0.2, 0) is 0 Å². The van der Waals surface area contributed by atoms with Gasteiger partial charge in [0.25, 0.3) is 11.6 Å². The highest BCUT2D eigenvalue weighted by Crippen LogP contribution is 2.26. The fourth-order valence-corrected chi connectivity index (χ4v) is 3.27. The summed E-state index contributed by atoms with van der Waals surface area (Å²) in [6.45, 7) is 1.88. The lowest BCUT2D eigenvalue weighted by Crippen LogP contribution is -2.14. The van der Waals surface area contributed by atoms with Gasteiger partial charge in [-0.2, -0.15) is 0 Å². The van der Waals surface area contributed by atoms with Crippen LogP contribution in [0.2, 0.25) is 10.0 Å². The summed E-state index contributed by atoms with van der Waals surface area (Å²) in [5, 5.41) is 19.1. The third-order valence-electron chi connectivity index (χ3n) is 4.63. The summed E-state index contributed by atoms with van der Waals surface area (Å²) in [6.07, 6.45) is 0. The normalized spacial score (nSPS) is 10.7. The highest BCUT2D eigenvalue weighted by atomic mass is 35.5. The molecule has 0 unspecified atom stereocenters. The van der Waals surface area contributed by atoms with Gasteiger partial charge in [0, 0.05) is 33.4 Å². The topological polar surface area (TPSA) is 103 Å². The van der Waals surface area contributed by atoms with Crippen LogP contribution in [0.15, 0.2) is 66.7 Å². The van der Waals surface area contributed by atoms with Gasteiger partial charge in [0.1, 0.15) is 0 Å². The molecule has 10 heteroatoms. The van der Waals surface area contributed by atoms with Crippen LogP contribution in [0.5, 0.6) is 0 Å². The second-order valence-corrected chi connectivity index (χ2v) is 7.72. The Bertz CT molecular complexity index is 1340. The second kappa shape index (κ2) is 8.78. The van der Waals surface area contributed by atoms with Crippen molar-refractivity contribution in [3.63, 3.8) is 0 Å². The SMILES string of the molecule is Cc1ccc(-n2nc(C(=O)Nc3cccc([N+](=O)[O-])c3)nc2-c2ccc(Cl)cc2)cc1Cl. The van der Waals surface area contributed by atoms with Crippen molar-refractivity contribution in [1.82, 2.24) is 14.8 Å². The molecule has 0 aliphatic heterocycles. The molecule has 160 valence electrons. The molecule has 4 rings (SSSR count). The zero-order valence-electron chi connectivity index (χ0n) is 16.6. The van der Waals surface area contributed by atoms with Gasteiger partial charge in [-0.15, -0.1) is 5.10 Å². The summed E-state index contributed by atoms with van der Waals surface area (Å²) in [7, 11) is 0. The van der Waals surface area contributed by atoms with Crippen molar-refractivity contribution in [2.24, 2.45) is 0 Å². The molecule has 0 spiro atoms. The van der Waals surface area contributed by atoms with E-state index in [-0.39, 0.29) is 17.2 Å². The Balaban J connectivity index is 1.75. The maximum Gasteiger partial charge on any atom is 0.295 e. The van der Waals surface area contributed by atoms with Crippen LogP contribution < -0.4 is 5.32 Å². The van der Waals surface area contributed by atoms with Crippen LogP contribution in [0.1, 0.15) is 16.2 Å². The molecule has 3 aromatic carbocycles. The number of nitro groups is 1. The summed E-state index contributed by atoms with van der Waals surface area (Å²) in [6, 6.07) is 18.0. The van der Waals surface area contributed by atoms with Crippen molar-refractivity contribution in [3.05, 3.63) is 98.3 Å². The first-order valence-corrected chi connectivity index (χ1v) is 10.1. The van der Waals surface area contributed by atoms with Crippen molar-refractivity contribution in [1.29, 1.82) is 0 Å². The van der Waals surface area contributed by atoms with Crippen molar-refractivity contribution < 1.29 is 9.72 Å². The first kappa shape index (κ1) is 21.5. The second-order valence-electron chi connectivity index (χ2n) is 6.87. The number of nitrogens with one attached hydrogen (secondary N) is 1. The average Bonchev–Trinajstić information content (AvgIpc) is 3.22. The number of carbonyl (C=O) groups excluding carboxylic acids is 1. The number of aromatic nitrogens is 3. The molecule has 0 atom stereocenters.